The van der Waals surface area contributed by atoms with E-state index in [0.29, 0.717) is 12.6 Å². The van der Waals surface area contributed by atoms with E-state index in [-0.39, 0.29) is 11.4 Å². The first kappa shape index (κ1) is 13.9. The van der Waals surface area contributed by atoms with E-state index in [1.54, 1.807) is 0 Å². The molecule has 3 nitrogen and oxygen atoms in total. The largest absolute Gasteiger partial charge is 0.359 e. The number of anilines is 1. The lowest BCUT2D eigenvalue weighted by Crippen LogP contribution is -2.48. The summed E-state index contributed by atoms with van der Waals surface area (Å²) in [6.45, 7) is 8.84. The van der Waals surface area contributed by atoms with Crippen LogP contribution in [0.15, 0.2) is 24.3 Å². The maximum atomic E-state index is 12.2. The number of rotatable bonds is 4. The van der Waals surface area contributed by atoms with E-state index in [0.717, 1.165) is 12.8 Å². The molecule has 1 N–H and O–H groups in total. The highest BCUT2D eigenvalue weighted by Gasteiger charge is 2.28. The second-order valence-corrected chi connectivity index (χ2v) is 6.10. The van der Waals surface area contributed by atoms with E-state index < -0.39 is 0 Å². The van der Waals surface area contributed by atoms with Crippen molar-refractivity contribution in [2.75, 3.05) is 11.4 Å². The number of amides is 1. The number of carbonyl (C=O) groups is 1. The van der Waals surface area contributed by atoms with Crippen molar-refractivity contribution in [1.29, 1.82) is 0 Å². The smallest absolute Gasteiger partial charge is 0.239 e. The van der Waals surface area contributed by atoms with E-state index >= 15 is 0 Å². The Morgan fingerprint density at radius 3 is 2.79 bits per heavy atom. The van der Waals surface area contributed by atoms with Crippen molar-refractivity contribution in [3.63, 3.8) is 0 Å². The second-order valence-electron chi connectivity index (χ2n) is 6.10. The van der Waals surface area contributed by atoms with Crippen molar-refractivity contribution in [1.82, 2.24) is 5.32 Å². The number of hydrogen-bond donors (Lipinski definition) is 1. The number of para-hydroxylation sites is 1. The molecule has 0 aromatic heterocycles. The fourth-order valence-electron chi connectivity index (χ4n) is 2.53. The molecule has 0 spiro atoms. The summed E-state index contributed by atoms with van der Waals surface area (Å²) in [5.74, 6) is 0.107. The minimum absolute atomic E-state index is 0.107. The monoisotopic (exact) mass is 260 g/mol. The molecular weight excluding hydrogens is 236 g/mol. The molecule has 1 amide bonds. The second kappa shape index (κ2) is 5.24. The number of fused-ring (bicyclic) bond motifs is 1. The van der Waals surface area contributed by atoms with Gasteiger partial charge in [0.25, 0.3) is 0 Å². The topological polar surface area (TPSA) is 32.3 Å². The van der Waals surface area contributed by atoms with Crippen molar-refractivity contribution in [2.24, 2.45) is 0 Å². The lowest BCUT2D eigenvalue weighted by atomic mass is 10.0. The van der Waals surface area contributed by atoms with Crippen molar-refractivity contribution in [3.8, 4) is 0 Å². The number of carbonyl (C=O) groups excluding carboxylic acids is 1. The van der Waals surface area contributed by atoms with Gasteiger partial charge >= 0.3 is 0 Å². The molecule has 0 aliphatic carbocycles. The molecule has 0 unspecified atom stereocenters. The summed E-state index contributed by atoms with van der Waals surface area (Å²) in [6.07, 6.45) is 1.96. The third-order valence-electron chi connectivity index (χ3n) is 4.02. The zero-order valence-electron chi connectivity index (χ0n) is 12.4. The van der Waals surface area contributed by atoms with Crippen LogP contribution < -0.4 is 10.2 Å². The van der Waals surface area contributed by atoms with Gasteiger partial charge in [-0.1, -0.05) is 25.1 Å². The molecule has 0 fully saturated rings. The molecule has 0 saturated carbocycles. The molecular formula is C16H24N2O. The van der Waals surface area contributed by atoms with Crippen LogP contribution >= 0.6 is 0 Å². The fourth-order valence-corrected chi connectivity index (χ4v) is 2.53. The Balaban J connectivity index is 2.06. The van der Waals surface area contributed by atoms with Gasteiger partial charge in [0.05, 0.1) is 6.54 Å². The first-order chi connectivity index (χ1) is 8.93. The molecule has 1 atom stereocenters. The number of nitrogens with one attached hydrogen (secondary N) is 1. The highest BCUT2D eigenvalue weighted by atomic mass is 16.2. The molecule has 104 valence electrons. The van der Waals surface area contributed by atoms with Crippen molar-refractivity contribution in [2.45, 2.75) is 52.1 Å². The maximum Gasteiger partial charge on any atom is 0.239 e. The van der Waals surface area contributed by atoms with Gasteiger partial charge < -0.3 is 10.2 Å². The standard InChI is InChI=1S/C16H24N2O/c1-5-16(3,4)17-15(19)11-18-12(2)10-13-8-6-7-9-14(13)18/h6-9,12H,5,10-11H2,1-4H3,(H,17,19)/t12-/m0/s1. The van der Waals surface area contributed by atoms with Gasteiger partial charge in [-0.15, -0.1) is 0 Å². The van der Waals surface area contributed by atoms with Gasteiger partial charge in [0.2, 0.25) is 5.91 Å². The summed E-state index contributed by atoms with van der Waals surface area (Å²) in [5, 5.41) is 3.10. The summed E-state index contributed by atoms with van der Waals surface area (Å²) >= 11 is 0. The molecule has 1 heterocycles. The van der Waals surface area contributed by atoms with Gasteiger partial charge in [0.1, 0.15) is 0 Å². The van der Waals surface area contributed by atoms with Crippen LogP contribution in [0.5, 0.6) is 0 Å². The minimum Gasteiger partial charge on any atom is -0.359 e. The van der Waals surface area contributed by atoms with E-state index in [9.17, 15) is 4.79 Å². The van der Waals surface area contributed by atoms with E-state index in [1.807, 2.05) is 6.07 Å². The predicted molar refractivity (Wildman–Crippen MR) is 79.5 cm³/mol. The van der Waals surface area contributed by atoms with Crippen molar-refractivity contribution < 1.29 is 4.79 Å². The van der Waals surface area contributed by atoms with Crippen LogP contribution in [0.4, 0.5) is 5.69 Å². The minimum atomic E-state index is -0.125. The number of benzene rings is 1. The van der Waals surface area contributed by atoms with Crippen LogP contribution in [0, 0.1) is 0 Å². The molecule has 0 saturated heterocycles. The third kappa shape index (κ3) is 3.09. The molecule has 1 aliphatic rings. The Kier molecular flexibility index (Phi) is 3.83. The first-order valence-corrected chi connectivity index (χ1v) is 7.08. The molecule has 0 radical (unpaired) electrons. The van der Waals surface area contributed by atoms with E-state index in [1.165, 1.54) is 11.3 Å². The van der Waals surface area contributed by atoms with Gasteiger partial charge in [-0.25, -0.2) is 0 Å². The summed E-state index contributed by atoms with van der Waals surface area (Å²) in [4.78, 5) is 14.4. The van der Waals surface area contributed by atoms with E-state index in [4.69, 9.17) is 0 Å². The zero-order chi connectivity index (χ0) is 14.0. The average molecular weight is 260 g/mol. The Morgan fingerprint density at radius 1 is 1.42 bits per heavy atom. The normalized spacial score (nSPS) is 18.3. The molecule has 0 bridgehead atoms. The Bertz CT molecular complexity index is 468. The lowest BCUT2D eigenvalue weighted by Gasteiger charge is -2.29. The Hall–Kier alpha value is -1.51. The van der Waals surface area contributed by atoms with Crippen LogP contribution in [0.1, 0.15) is 39.7 Å². The number of nitrogens with zero attached hydrogens (tertiary/aromatic N) is 1. The SMILES string of the molecule is CCC(C)(C)NC(=O)CN1c2ccccc2C[C@@H]1C. The Morgan fingerprint density at radius 2 is 2.11 bits per heavy atom. The van der Waals surface area contributed by atoms with Crippen LogP contribution in [0.2, 0.25) is 0 Å². The van der Waals surface area contributed by atoms with Crippen LogP contribution in [0.25, 0.3) is 0 Å². The fraction of sp³-hybridized carbons (Fsp3) is 0.562. The summed E-state index contributed by atoms with van der Waals surface area (Å²) in [5.41, 5.74) is 2.43. The number of hydrogen-bond acceptors (Lipinski definition) is 2. The Labute approximate surface area is 116 Å². The maximum absolute atomic E-state index is 12.2. The van der Waals surface area contributed by atoms with Crippen LogP contribution in [-0.2, 0) is 11.2 Å². The van der Waals surface area contributed by atoms with Gasteiger partial charge in [-0.2, -0.15) is 0 Å². The highest BCUT2D eigenvalue weighted by molar-refractivity contribution is 5.83. The molecule has 3 heteroatoms. The van der Waals surface area contributed by atoms with Crippen LogP contribution in [0.3, 0.4) is 0 Å². The first-order valence-electron chi connectivity index (χ1n) is 7.08. The molecule has 1 aromatic carbocycles. The highest BCUT2D eigenvalue weighted by Crippen LogP contribution is 2.31. The third-order valence-corrected chi connectivity index (χ3v) is 4.02. The molecule has 1 aliphatic heterocycles. The van der Waals surface area contributed by atoms with Gasteiger partial charge in [-0.3, -0.25) is 4.79 Å². The summed E-state index contributed by atoms with van der Waals surface area (Å²) in [6, 6.07) is 8.76. The summed E-state index contributed by atoms with van der Waals surface area (Å²) in [7, 11) is 0. The van der Waals surface area contributed by atoms with Crippen molar-refractivity contribution in [3.05, 3.63) is 29.8 Å². The predicted octanol–water partition coefficient (Wildman–Crippen LogP) is 2.74. The molecule has 2 rings (SSSR count). The van der Waals surface area contributed by atoms with Crippen molar-refractivity contribution >= 4 is 11.6 Å². The van der Waals surface area contributed by atoms with Crippen LogP contribution in [-0.4, -0.2) is 24.0 Å². The quantitative estimate of drug-likeness (QED) is 0.903. The van der Waals surface area contributed by atoms with Gasteiger partial charge in [-0.05, 0) is 45.2 Å². The van der Waals surface area contributed by atoms with Gasteiger partial charge in [0, 0.05) is 17.3 Å². The van der Waals surface area contributed by atoms with Gasteiger partial charge in [0.15, 0.2) is 0 Å². The molecule has 1 aromatic rings. The summed E-state index contributed by atoms with van der Waals surface area (Å²) < 4.78 is 0. The zero-order valence-corrected chi connectivity index (χ0v) is 12.4. The molecule has 19 heavy (non-hydrogen) atoms. The van der Waals surface area contributed by atoms with E-state index in [2.05, 4.69) is 56.1 Å². The lowest BCUT2D eigenvalue weighted by molar-refractivity contribution is -0.121. The average Bonchev–Trinajstić information content (AvgIpc) is 2.66.